The van der Waals surface area contributed by atoms with Gasteiger partial charge in [0.15, 0.2) is 0 Å². The Bertz CT molecular complexity index is 926. The summed E-state index contributed by atoms with van der Waals surface area (Å²) >= 11 is 0. The van der Waals surface area contributed by atoms with E-state index in [1.54, 1.807) is 0 Å². The fourth-order valence-electron chi connectivity index (χ4n) is 2.17. The third-order valence-electron chi connectivity index (χ3n) is 3.42. The smallest absolute Gasteiger partial charge is 0.419 e. The normalized spacial score (nSPS) is 12.0. The molecular weight excluding hydrogens is 378 g/mol. The van der Waals surface area contributed by atoms with Crippen molar-refractivity contribution in [3.8, 4) is 0 Å². The predicted octanol–water partition coefficient (Wildman–Crippen LogP) is 3.11. The van der Waals surface area contributed by atoms with Gasteiger partial charge in [0.25, 0.3) is 0 Å². The van der Waals surface area contributed by atoms with Crippen LogP contribution >= 0.6 is 0 Å². The number of methoxy groups -OCH3 is 1. The minimum atomic E-state index is -4.91. The Kier molecular flexibility index (Phi) is 5.67. The van der Waals surface area contributed by atoms with Gasteiger partial charge in [-0.3, -0.25) is 0 Å². The van der Waals surface area contributed by atoms with Crippen molar-refractivity contribution < 1.29 is 35.5 Å². The van der Waals surface area contributed by atoms with E-state index in [-0.39, 0.29) is 5.56 Å². The van der Waals surface area contributed by atoms with Crippen molar-refractivity contribution in [3.05, 3.63) is 65.0 Å². The zero-order valence-electron chi connectivity index (χ0n) is 13.3. The van der Waals surface area contributed by atoms with Gasteiger partial charge in [-0.2, -0.15) is 13.2 Å². The second kappa shape index (κ2) is 7.42. The van der Waals surface area contributed by atoms with Crippen LogP contribution in [0.2, 0.25) is 0 Å². The average Bonchev–Trinajstić information content (AvgIpc) is 2.59. The van der Waals surface area contributed by atoms with Crippen LogP contribution in [0.5, 0.6) is 0 Å². The lowest BCUT2D eigenvalue weighted by Crippen LogP contribution is -2.26. The average molecular weight is 391 g/mol. The van der Waals surface area contributed by atoms with Gasteiger partial charge in [0.05, 0.1) is 23.1 Å². The molecule has 140 valence electrons. The number of ether oxygens (including phenoxy) is 1. The highest BCUT2D eigenvalue weighted by molar-refractivity contribution is 7.89. The van der Waals surface area contributed by atoms with Crippen molar-refractivity contribution in [1.82, 2.24) is 4.72 Å². The van der Waals surface area contributed by atoms with Crippen LogP contribution in [-0.2, 0) is 27.5 Å². The van der Waals surface area contributed by atoms with Crippen LogP contribution in [0.3, 0.4) is 0 Å². The number of hydrogen-bond acceptors (Lipinski definition) is 4. The van der Waals surface area contributed by atoms with Gasteiger partial charge < -0.3 is 4.74 Å². The van der Waals surface area contributed by atoms with Gasteiger partial charge in [-0.05, 0) is 18.2 Å². The van der Waals surface area contributed by atoms with Gasteiger partial charge in [0.2, 0.25) is 10.0 Å². The van der Waals surface area contributed by atoms with Gasteiger partial charge in [-0.15, -0.1) is 0 Å². The molecule has 0 atom stereocenters. The molecule has 0 unspecified atom stereocenters. The van der Waals surface area contributed by atoms with E-state index in [2.05, 4.69) is 4.74 Å². The van der Waals surface area contributed by atoms with Crippen LogP contribution in [0, 0.1) is 5.82 Å². The Labute approximate surface area is 146 Å². The maximum Gasteiger partial charge on any atom is 0.419 e. The van der Waals surface area contributed by atoms with Gasteiger partial charge in [-0.1, -0.05) is 24.3 Å². The van der Waals surface area contributed by atoms with E-state index in [4.69, 9.17) is 0 Å². The molecule has 0 saturated carbocycles. The molecule has 2 rings (SSSR count). The van der Waals surface area contributed by atoms with Crippen molar-refractivity contribution >= 4 is 16.0 Å². The number of rotatable bonds is 5. The Morgan fingerprint density at radius 2 is 1.77 bits per heavy atom. The SMILES string of the molecule is COC(=O)c1ccccc1S(=O)(=O)NCc1cccc(C(F)(F)F)c1F. The van der Waals surface area contributed by atoms with Crippen molar-refractivity contribution in [2.45, 2.75) is 17.6 Å². The Balaban J connectivity index is 2.32. The van der Waals surface area contributed by atoms with Crippen LogP contribution < -0.4 is 4.72 Å². The van der Waals surface area contributed by atoms with Gasteiger partial charge in [-0.25, -0.2) is 22.3 Å². The number of halogens is 4. The van der Waals surface area contributed by atoms with Crippen LogP contribution in [0.1, 0.15) is 21.5 Å². The number of esters is 1. The Morgan fingerprint density at radius 3 is 2.38 bits per heavy atom. The highest BCUT2D eigenvalue weighted by Crippen LogP contribution is 2.32. The van der Waals surface area contributed by atoms with Crippen molar-refractivity contribution in [2.24, 2.45) is 0 Å². The molecule has 0 heterocycles. The Morgan fingerprint density at radius 1 is 1.12 bits per heavy atom. The minimum absolute atomic E-state index is 0.257. The maximum atomic E-state index is 14.0. The highest BCUT2D eigenvalue weighted by atomic mass is 32.2. The molecule has 10 heteroatoms. The predicted molar refractivity (Wildman–Crippen MR) is 83.2 cm³/mol. The first-order valence-corrected chi connectivity index (χ1v) is 8.58. The molecule has 5 nitrogen and oxygen atoms in total. The first kappa shape index (κ1) is 19.9. The fourth-order valence-corrected chi connectivity index (χ4v) is 3.36. The van der Waals surface area contributed by atoms with Crippen molar-refractivity contribution in [2.75, 3.05) is 7.11 Å². The molecule has 2 aromatic rings. The third kappa shape index (κ3) is 4.20. The molecule has 0 aromatic heterocycles. The topological polar surface area (TPSA) is 72.5 Å². The van der Waals surface area contributed by atoms with E-state index in [0.29, 0.717) is 6.07 Å². The first-order chi connectivity index (χ1) is 12.1. The molecule has 1 N–H and O–H groups in total. The minimum Gasteiger partial charge on any atom is -0.465 e. The molecule has 0 saturated heterocycles. The lowest BCUT2D eigenvalue weighted by Gasteiger charge is -2.13. The quantitative estimate of drug-likeness (QED) is 0.628. The van der Waals surface area contributed by atoms with Crippen LogP contribution in [0.25, 0.3) is 0 Å². The summed E-state index contributed by atoms with van der Waals surface area (Å²) in [7, 11) is -3.24. The lowest BCUT2D eigenvalue weighted by atomic mass is 10.1. The fraction of sp³-hybridized carbons (Fsp3) is 0.188. The van der Waals surface area contributed by atoms with E-state index >= 15 is 0 Å². The molecule has 0 radical (unpaired) electrons. The van der Waals surface area contributed by atoms with Crippen LogP contribution in [0.4, 0.5) is 17.6 Å². The summed E-state index contributed by atoms with van der Waals surface area (Å²) in [5, 5.41) is 0. The molecule has 2 aromatic carbocycles. The zero-order valence-corrected chi connectivity index (χ0v) is 14.1. The summed E-state index contributed by atoms with van der Waals surface area (Å²) in [5.41, 5.74) is -2.24. The highest BCUT2D eigenvalue weighted by Gasteiger charge is 2.35. The number of benzene rings is 2. The molecule has 0 bridgehead atoms. The van der Waals surface area contributed by atoms with Gasteiger partial charge in [0.1, 0.15) is 5.82 Å². The lowest BCUT2D eigenvalue weighted by molar-refractivity contribution is -0.140. The second-order valence-corrected chi connectivity index (χ2v) is 6.82. The second-order valence-electron chi connectivity index (χ2n) is 5.09. The zero-order chi connectivity index (χ0) is 19.5. The monoisotopic (exact) mass is 391 g/mol. The summed E-state index contributed by atoms with van der Waals surface area (Å²) in [6.07, 6.45) is -4.91. The summed E-state index contributed by atoms with van der Waals surface area (Å²) in [6.45, 7) is -0.729. The van der Waals surface area contributed by atoms with E-state index < -0.39 is 50.6 Å². The molecule has 0 aliphatic carbocycles. The van der Waals surface area contributed by atoms with E-state index in [0.717, 1.165) is 25.3 Å². The van der Waals surface area contributed by atoms with E-state index in [9.17, 15) is 30.8 Å². The molecule has 0 fully saturated rings. The van der Waals surface area contributed by atoms with Gasteiger partial charge >= 0.3 is 12.1 Å². The summed E-state index contributed by atoms with van der Waals surface area (Å²) < 4.78 is 83.4. The molecule has 0 aliphatic rings. The number of hydrogen-bond donors (Lipinski definition) is 1. The van der Waals surface area contributed by atoms with Crippen LogP contribution in [-0.4, -0.2) is 21.5 Å². The van der Waals surface area contributed by atoms with Crippen molar-refractivity contribution in [3.63, 3.8) is 0 Å². The third-order valence-corrected chi connectivity index (χ3v) is 4.88. The molecule has 0 spiro atoms. The molecule has 0 aliphatic heterocycles. The molecule has 0 amide bonds. The molecular formula is C16H13F4NO4S. The van der Waals surface area contributed by atoms with Crippen molar-refractivity contribution in [1.29, 1.82) is 0 Å². The number of carbonyl (C=O) groups is 1. The summed E-state index contributed by atoms with van der Waals surface area (Å²) in [5.74, 6) is -2.47. The standard InChI is InChI=1S/C16H13F4NO4S/c1-25-15(22)11-6-2-3-8-13(11)26(23,24)21-9-10-5-4-7-12(14(10)17)16(18,19)20/h2-8,21H,9H2,1H3. The number of sulfonamides is 1. The number of alkyl halides is 3. The summed E-state index contributed by atoms with van der Waals surface area (Å²) in [4.78, 5) is 11.2. The number of carbonyl (C=O) groups excluding carboxylic acids is 1. The number of nitrogens with one attached hydrogen (secondary N) is 1. The Hall–Kier alpha value is -2.46. The van der Waals surface area contributed by atoms with E-state index in [1.165, 1.54) is 18.2 Å². The summed E-state index contributed by atoms with van der Waals surface area (Å²) in [6, 6.07) is 7.66. The largest absolute Gasteiger partial charge is 0.465 e. The molecule has 26 heavy (non-hydrogen) atoms. The van der Waals surface area contributed by atoms with Crippen LogP contribution in [0.15, 0.2) is 47.4 Å². The van der Waals surface area contributed by atoms with E-state index in [1.807, 2.05) is 4.72 Å². The maximum absolute atomic E-state index is 14.0. The van der Waals surface area contributed by atoms with Gasteiger partial charge in [0, 0.05) is 12.1 Å². The first-order valence-electron chi connectivity index (χ1n) is 7.09.